The van der Waals surface area contributed by atoms with E-state index in [0.717, 1.165) is 25.9 Å². The van der Waals surface area contributed by atoms with Crippen LogP contribution in [0.25, 0.3) is 0 Å². The number of hydrogen-bond donors (Lipinski definition) is 1. The van der Waals surface area contributed by atoms with Gasteiger partial charge in [-0.25, -0.2) is 0 Å². The molecular formula is C15H23N3O2. The van der Waals surface area contributed by atoms with Crippen LogP contribution >= 0.6 is 0 Å². The van der Waals surface area contributed by atoms with E-state index >= 15 is 0 Å². The van der Waals surface area contributed by atoms with Gasteiger partial charge in [0.05, 0.1) is 18.8 Å². The summed E-state index contributed by atoms with van der Waals surface area (Å²) in [5.74, 6) is 0.730. The first kappa shape index (κ1) is 14.9. The first-order valence-corrected chi connectivity index (χ1v) is 7.17. The average molecular weight is 277 g/mol. The molecule has 1 aromatic rings. The first-order chi connectivity index (χ1) is 9.54. The number of hydrogen-bond acceptors (Lipinski definition) is 5. The number of carbonyl (C=O) groups is 1. The number of ether oxygens (including phenoxy) is 1. The van der Waals surface area contributed by atoms with Crippen molar-refractivity contribution in [1.29, 1.82) is 0 Å². The molecule has 0 spiro atoms. The van der Waals surface area contributed by atoms with Gasteiger partial charge < -0.3 is 10.5 Å². The minimum Gasteiger partial charge on any atom is -0.489 e. The van der Waals surface area contributed by atoms with E-state index in [0.29, 0.717) is 17.9 Å². The Morgan fingerprint density at radius 1 is 1.45 bits per heavy atom. The van der Waals surface area contributed by atoms with Crippen LogP contribution in [0.4, 0.5) is 0 Å². The molecule has 0 saturated carbocycles. The van der Waals surface area contributed by atoms with E-state index in [-0.39, 0.29) is 17.9 Å². The topological polar surface area (TPSA) is 68.5 Å². The fourth-order valence-electron chi connectivity index (χ4n) is 2.31. The van der Waals surface area contributed by atoms with Crippen molar-refractivity contribution in [2.75, 3.05) is 19.6 Å². The van der Waals surface area contributed by atoms with Crippen molar-refractivity contribution >= 4 is 5.78 Å². The van der Waals surface area contributed by atoms with Gasteiger partial charge in [0.1, 0.15) is 5.75 Å². The van der Waals surface area contributed by atoms with Crippen molar-refractivity contribution < 1.29 is 9.53 Å². The zero-order valence-electron chi connectivity index (χ0n) is 12.2. The molecule has 1 saturated heterocycles. The third-order valence-corrected chi connectivity index (χ3v) is 3.41. The number of carbonyl (C=O) groups excluding carboxylic acids is 1. The molecule has 1 aromatic heterocycles. The highest BCUT2D eigenvalue weighted by atomic mass is 16.5. The minimum atomic E-state index is 0.0748. The van der Waals surface area contributed by atoms with Crippen LogP contribution in [0.3, 0.4) is 0 Å². The Morgan fingerprint density at radius 3 is 2.80 bits per heavy atom. The summed E-state index contributed by atoms with van der Waals surface area (Å²) in [6.07, 6.45) is 5.23. The molecule has 1 aliphatic rings. The second-order valence-corrected chi connectivity index (χ2v) is 5.61. The molecule has 0 aromatic carbocycles. The van der Waals surface area contributed by atoms with Crippen LogP contribution in [0.15, 0.2) is 18.5 Å². The molecule has 0 unspecified atom stereocenters. The Labute approximate surface area is 120 Å². The average Bonchev–Trinajstić information content (AvgIpc) is 2.41. The number of nitrogens with two attached hydrogens (primary N) is 1. The molecule has 20 heavy (non-hydrogen) atoms. The summed E-state index contributed by atoms with van der Waals surface area (Å²) >= 11 is 0. The van der Waals surface area contributed by atoms with Crippen molar-refractivity contribution in [1.82, 2.24) is 9.88 Å². The second-order valence-electron chi connectivity index (χ2n) is 5.61. The molecule has 0 aliphatic carbocycles. The minimum absolute atomic E-state index is 0.0748. The van der Waals surface area contributed by atoms with Gasteiger partial charge >= 0.3 is 0 Å². The summed E-state index contributed by atoms with van der Waals surface area (Å²) in [4.78, 5) is 18.5. The normalized spacial score (nSPS) is 17.4. The van der Waals surface area contributed by atoms with Gasteiger partial charge in [-0.1, -0.05) is 0 Å². The van der Waals surface area contributed by atoms with Crippen LogP contribution in [-0.4, -0.2) is 47.4 Å². The highest BCUT2D eigenvalue weighted by Gasteiger charge is 2.19. The second kappa shape index (κ2) is 6.81. The predicted molar refractivity (Wildman–Crippen MR) is 78.0 cm³/mol. The summed E-state index contributed by atoms with van der Waals surface area (Å²) < 4.78 is 5.56. The van der Waals surface area contributed by atoms with Gasteiger partial charge in [0.15, 0.2) is 5.78 Å². The van der Waals surface area contributed by atoms with Crippen LogP contribution in [0.5, 0.6) is 5.75 Å². The highest BCUT2D eigenvalue weighted by Crippen LogP contribution is 2.15. The molecular weight excluding hydrogens is 254 g/mol. The van der Waals surface area contributed by atoms with E-state index in [1.807, 2.05) is 13.8 Å². The fourth-order valence-corrected chi connectivity index (χ4v) is 2.31. The molecule has 0 bridgehead atoms. The van der Waals surface area contributed by atoms with Gasteiger partial charge in [-0.3, -0.25) is 14.7 Å². The van der Waals surface area contributed by atoms with Crippen molar-refractivity contribution in [3.63, 3.8) is 0 Å². The van der Waals surface area contributed by atoms with Crippen LogP contribution in [0, 0.1) is 0 Å². The molecule has 0 amide bonds. The third-order valence-electron chi connectivity index (χ3n) is 3.41. The number of rotatable bonds is 5. The maximum atomic E-state index is 12.3. The van der Waals surface area contributed by atoms with Gasteiger partial charge in [-0.2, -0.15) is 0 Å². The zero-order chi connectivity index (χ0) is 14.5. The Bertz CT molecular complexity index is 454. The SMILES string of the molecule is CC(C)Oc1cncc(C(=O)CN2CCC(N)CC2)c1. The number of piperidine rings is 1. The van der Waals surface area contributed by atoms with Crippen LogP contribution in [0.2, 0.25) is 0 Å². The van der Waals surface area contributed by atoms with E-state index in [1.54, 1.807) is 18.5 Å². The van der Waals surface area contributed by atoms with Gasteiger partial charge in [0.25, 0.3) is 0 Å². The lowest BCUT2D eigenvalue weighted by Crippen LogP contribution is -2.41. The predicted octanol–water partition coefficient (Wildman–Crippen LogP) is 1.47. The number of pyridine rings is 1. The van der Waals surface area contributed by atoms with E-state index in [1.165, 1.54) is 0 Å². The standard InChI is InChI=1S/C15H23N3O2/c1-11(2)20-14-7-12(8-17-9-14)15(19)10-18-5-3-13(16)4-6-18/h7-9,11,13H,3-6,10,16H2,1-2H3. The molecule has 0 radical (unpaired) electrons. The smallest absolute Gasteiger partial charge is 0.178 e. The Balaban J connectivity index is 1.95. The van der Waals surface area contributed by atoms with E-state index in [4.69, 9.17) is 10.5 Å². The summed E-state index contributed by atoms with van der Waals surface area (Å²) in [6.45, 7) is 6.11. The van der Waals surface area contributed by atoms with Crippen molar-refractivity contribution in [3.8, 4) is 5.75 Å². The highest BCUT2D eigenvalue weighted by molar-refractivity contribution is 5.97. The molecule has 2 N–H and O–H groups in total. The molecule has 1 fully saturated rings. The Kier molecular flexibility index (Phi) is 5.09. The van der Waals surface area contributed by atoms with E-state index in [9.17, 15) is 4.79 Å². The van der Waals surface area contributed by atoms with Crippen LogP contribution in [0.1, 0.15) is 37.0 Å². The number of nitrogens with zero attached hydrogens (tertiary/aromatic N) is 2. The number of aromatic nitrogens is 1. The maximum Gasteiger partial charge on any atom is 0.178 e. The molecule has 2 rings (SSSR count). The maximum absolute atomic E-state index is 12.3. The third kappa shape index (κ3) is 4.28. The first-order valence-electron chi connectivity index (χ1n) is 7.17. The number of ketones is 1. The molecule has 5 heteroatoms. The summed E-state index contributed by atoms with van der Waals surface area (Å²) in [6, 6.07) is 2.05. The van der Waals surface area contributed by atoms with Gasteiger partial charge in [0, 0.05) is 30.9 Å². The quantitative estimate of drug-likeness (QED) is 0.826. The van der Waals surface area contributed by atoms with E-state index < -0.39 is 0 Å². The lowest BCUT2D eigenvalue weighted by molar-refractivity contribution is 0.0908. The zero-order valence-corrected chi connectivity index (χ0v) is 12.2. The van der Waals surface area contributed by atoms with Crippen molar-refractivity contribution in [2.45, 2.75) is 38.8 Å². The van der Waals surface area contributed by atoms with Crippen LogP contribution in [-0.2, 0) is 0 Å². The number of Topliss-reactive ketones (excluding diaryl/α,β-unsaturated/α-hetero) is 1. The molecule has 1 aliphatic heterocycles. The number of likely N-dealkylation sites (tertiary alicyclic amines) is 1. The van der Waals surface area contributed by atoms with Gasteiger partial charge in [-0.15, -0.1) is 0 Å². The Hall–Kier alpha value is -1.46. The fraction of sp³-hybridized carbons (Fsp3) is 0.600. The monoisotopic (exact) mass is 277 g/mol. The summed E-state index contributed by atoms with van der Waals surface area (Å²) in [5, 5.41) is 0. The molecule has 0 atom stereocenters. The molecule has 2 heterocycles. The lowest BCUT2D eigenvalue weighted by atomic mass is 10.1. The molecule has 5 nitrogen and oxygen atoms in total. The van der Waals surface area contributed by atoms with Gasteiger partial charge in [-0.05, 0) is 32.8 Å². The lowest BCUT2D eigenvalue weighted by Gasteiger charge is -2.29. The molecule has 110 valence electrons. The van der Waals surface area contributed by atoms with E-state index in [2.05, 4.69) is 9.88 Å². The van der Waals surface area contributed by atoms with Crippen LogP contribution < -0.4 is 10.5 Å². The Morgan fingerprint density at radius 2 is 2.15 bits per heavy atom. The summed E-state index contributed by atoms with van der Waals surface area (Å²) in [7, 11) is 0. The van der Waals surface area contributed by atoms with Crippen molar-refractivity contribution in [2.24, 2.45) is 5.73 Å². The summed E-state index contributed by atoms with van der Waals surface area (Å²) in [5.41, 5.74) is 6.48. The van der Waals surface area contributed by atoms with Gasteiger partial charge in [0.2, 0.25) is 0 Å². The largest absolute Gasteiger partial charge is 0.489 e. The van der Waals surface area contributed by atoms with Crippen molar-refractivity contribution in [3.05, 3.63) is 24.0 Å².